The minimum Gasteiger partial charge on any atom is -0.368 e. The Labute approximate surface area is 84.2 Å². The first kappa shape index (κ1) is 13.1. The Morgan fingerprint density at radius 3 is 2.21 bits per heavy atom. The minimum absolute atomic E-state index is 0.0464. The molecule has 0 saturated heterocycles. The average molecular weight is 201 g/mol. The van der Waals surface area contributed by atoms with Crippen molar-refractivity contribution in [2.75, 3.05) is 6.54 Å². The Kier molecular flexibility index (Phi) is 4.73. The van der Waals surface area contributed by atoms with E-state index in [0.717, 1.165) is 0 Å². The molecule has 5 heteroatoms. The molecule has 0 aliphatic heterocycles. The highest BCUT2D eigenvalue weighted by atomic mass is 16.1. The quantitative estimate of drug-likeness (QED) is 0.521. The molecule has 0 rings (SSSR count). The van der Waals surface area contributed by atoms with Gasteiger partial charge in [-0.1, -0.05) is 6.92 Å². The van der Waals surface area contributed by atoms with Crippen molar-refractivity contribution in [3.8, 4) is 0 Å². The highest BCUT2D eigenvalue weighted by Gasteiger charge is 2.29. The average Bonchev–Trinajstić information content (AvgIpc) is 2.12. The topological polar surface area (TPSA) is 98.2 Å². The molecule has 0 aliphatic carbocycles. The van der Waals surface area contributed by atoms with Gasteiger partial charge in [0.25, 0.3) is 0 Å². The Balaban J connectivity index is 4.47. The Morgan fingerprint density at radius 1 is 1.43 bits per heavy atom. The van der Waals surface area contributed by atoms with Gasteiger partial charge in [-0.2, -0.15) is 0 Å². The van der Waals surface area contributed by atoms with E-state index in [1.807, 2.05) is 6.92 Å². The van der Waals surface area contributed by atoms with Crippen LogP contribution in [0.4, 0.5) is 0 Å². The van der Waals surface area contributed by atoms with Crippen molar-refractivity contribution in [1.82, 2.24) is 5.32 Å². The third kappa shape index (κ3) is 3.43. The summed E-state index contributed by atoms with van der Waals surface area (Å²) in [7, 11) is 0. The van der Waals surface area contributed by atoms with Gasteiger partial charge in [0.05, 0.1) is 18.1 Å². The van der Waals surface area contributed by atoms with Crippen molar-refractivity contribution in [3.63, 3.8) is 0 Å². The summed E-state index contributed by atoms with van der Waals surface area (Å²) >= 11 is 0. The number of amides is 1. The molecule has 1 atom stereocenters. The number of hydrogen-bond acceptors (Lipinski definition) is 4. The number of hydrogen-bond donors (Lipinski definition) is 3. The zero-order valence-electron chi connectivity index (χ0n) is 8.96. The monoisotopic (exact) mass is 201 g/mol. The van der Waals surface area contributed by atoms with Gasteiger partial charge in [-0.15, -0.1) is 0 Å². The number of nitrogens with two attached hydrogens (primary N) is 2. The SMILES string of the molecule is CC[C@H](NC(C)(C)C(=O)CN)C(N)=O. The Bertz CT molecular complexity index is 226. The van der Waals surface area contributed by atoms with E-state index in [1.54, 1.807) is 13.8 Å². The maximum absolute atomic E-state index is 11.4. The largest absolute Gasteiger partial charge is 0.368 e. The van der Waals surface area contributed by atoms with Crippen LogP contribution in [0.2, 0.25) is 0 Å². The second-order valence-electron chi connectivity index (χ2n) is 3.76. The first-order valence-electron chi connectivity index (χ1n) is 4.65. The first-order valence-corrected chi connectivity index (χ1v) is 4.65. The molecule has 5 nitrogen and oxygen atoms in total. The lowest BCUT2D eigenvalue weighted by molar-refractivity contribution is -0.125. The molecule has 0 radical (unpaired) electrons. The summed E-state index contributed by atoms with van der Waals surface area (Å²) in [6.45, 7) is 5.15. The molecule has 0 aromatic heterocycles. The van der Waals surface area contributed by atoms with E-state index < -0.39 is 17.5 Å². The van der Waals surface area contributed by atoms with E-state index in [9.17, 15) is 9.59 Å². The summed E-state index contributed by atoms with van der Waals surface area (Å²) < 4.78 is 0. The Hall–Kier alpha value is -0.940. The third-order valence-electron chi connectivity index (χ3n) is 2.17. The van der Waals surface area contributed by atoms with Crippen LogP contribution in [0.5, 0.6) is 0 Å². The van der Waals surface area contributed by atoms with Crippen LogP contribution in [0, 0.1) is 0 Å². The van der Waals surface area contributed by atoms with Crippen LogP contribution in [-0.4, -0.2) is 29.8 Å². The van der Waals surface area contributed by atoms with Crippen LogP contribution in [0.25, 0.3) is 0 Å². The van der Waals surface area contributed by atoms with Gasteiger partial charge in [-0.3, -0.25) is 14.9 Å². The van der Waals surface area contributed by atoms with Crippen molar-refractivity contribution < 1.29 is 9.59 Å². The number of rotatable bonds is 6. The van der Waals surface area contributed by atoms with E-state index in [2.05, 4.69) is 5.32 Å². The lowest BCUT2D eigenvalue weighted by atomic mass is 9.97. The van der Waals surface area contributed by atoms with Gasteiger partial charge in [0, 0.05) is 0 Å². The van der Waals surface area contributed by atoms with E-state index in [0.29, 0.717) is 6.42 Å². The van der Waals surface area contributed by atoms with Crippen molar-refractivity contribution in [1.29, 1.82) is 0 Å². The molecule has 0 aromatic carbocycles. The van der Waals surface area contributed by atoms with Gasteiger partial charge >= 0.3 is 0 Å². The molecular weight excluding hydrogens is 182 g/mol. The van der Waals surface area contributed by atoms with Crippen LogP contribution in [0.1, 0.15) is 27.2 Å². The number of ketones is 1. The van der Waals surface area contributed by atoms with Crippen LogP contribution < -0.4 is 16.8 Å². The summed E-state index contributed by atoms with van der Waals surface area (Å²) in [4.78, 5) is 22.3. The standard InChI is InChI=1S/C9H19N3O2/c1-4-6(8(11)14)12-9(2,3)7(13)5-10/h6,12H,4-5,10H2,1-3H3,(H2,11,14)/t6-/m0/s1. The van der Waals surface area contributed by atoms with Gasteiger partial charge in [0.15, 0.2) is 5.78 Å². The second-order valence-corrected chi connectivity index (χ2v) is 3.76. The summed E-state index contributed by atoms with van der Waals surface area (Å²) in [6.07, 6.45) is 0.552. The van der Waals surface area contributed by atoms with Crippen molar-refractivity contribution in [3.05, 3.63) is 0 Å². The number of nitrogens with one attached hydrogen (secondary N) is 1. The zero-order chi connectivity index (χ0) is 11.4. The van der Waals surface area contributed by atoms with Gasteiger partial charge in [0.1, 0.15) is 0 Å². The molecule has 0 aliphatic rings. The zero-order valence-corrected chi connectivity index (χ0v) is 8.96. The third-order valence-corrected chi connectivity index (χ3v) is 2.17. The van der Waals surface area contributed by atoms with Crippen molar-refractivity contribution in [2.45, 2.75) is 38.8 Å². The van der Waals surface area contributed by atoms with Crippen LogP contribution in [-0.2, 0) is 9.59 Å². The maximum Gasteiger partial charge on any atom is 0.234 e. The summed E-state index contributed by atoms with van der Waals surface area (Å²) in [5, 5.41) is 2.89. The van der Waals surface area contributed by atoms with E-state index in [4.69, 9.17) is 11.5 Å². The highest BCUT2D eigenvalue weighted by Crippen LogP contribution is 2.06. The predicted octanol–water partition coefficient (Wildman–Crippen LogP) is -0.854. The molecule has 14 heavy (non-hydrogen) atoms. The van der Waals surface area contributed by atoms with Crippen LogP contribution in [0.15, 0.2) is 0 Å². The minimum atomic E-state index is -0.801. The number of carbonyl (C=O) groups excluding carboxylic acids is 2. The fourth-order valence-corrected chi connectivity index (χ4v) is 1.15. The number of Topliss-reactive ketones (excluding diaryl/α,β-unsaturated/α-hetero) is 1. The molecule has 82 valence electrons. The predicted molar refractivity (Wildman–Crippen MR) is 54.5 cm³/mol. The molecule has 0 fully saturated rings. The maximum atomic E-state index is 11.4. The van der Waals surface area contributed by atoms with Crippen molar-refractivity contribution in [2.24, 2.45) is 11.5 Å². The highest BCUT2D eigenvalue weighted by molar-refractivity contribution is 5.90. The molecule has 5 N–H and O–H groups in total. The molecule has 0 aromatic rings. The molecule has 1 amide bonds. The van der Waals surface area contributed by atoms with E-state index in [1.165, 1.54) is 0 Å². The fraction of sp³-hybridized carbons (Fsp3) is 0.778. The molecule has 0 unspecified atom stereocenters. The number of carbonyl (C=O) groups is 2. The van der Waals surface area contributed by atoms with Gasteiger partial charge in [-0.05, 0) is 20.3 Å². The molecule has 0 bridgehead atoms. The van der Waals surface area contributed by atoms with Gasteiger partial charge < -0.3 is 11.5 Å². The van der Waals surface area contributed by atoms with Crippen molar-refractivity contribution >= 4 is 11.7 Å². The summed E-state index contributed by atoms with van der Waals surface area (Å²) in [6, 6.07) is -0.486. The molecule has 0 spiro atoms. The lowest BCUT2D eigenvalue weighted by Crippen LogP contribution is -2.56. The van der Waals surface area contributed by atoms with Crippen LogP contribution in [0.3, 0.4) is 0 Å². The van der Waals surface area contributed by atoms with Gasteiger partial charge in [-0.25, -0.2) is 0 Å². The van der Waals surface area contributed by atoms with E-state index in [-0.39, 0.29) is 12.3 Å². The number of primary amides is 1. The first-order chi connectivity index (χ1) is 6.35. The molecular formula is C9H19N3O2. The van der Waals surface area contributed by atoms with Gasteiger partial charge in [0.2, 0.25) is 5.91 Å². The molecule has 0 heterocycles. The smallest absolute Gasteiger partial charge is 0.234 e. The molecule has 0 saturated carbocycles. The lowest BCUT2D eigenvalue weighted by Gasteiger charge is -2.28. The van der Waals surface area contributed by atoms with E-state index >= 15 is 0 Å². The van der Waals surface area contributed by atoms with Crippen LogP contribution >= 0.6 is 0 Å². The second kappa shape index (κ2) is 5.07. The summed E-state index contributed by atoms with van der Waals surface area (Å²) in [5.41, 5.74) is 9.60. The normalized spacial score (nSPS) is 13.7. The summed E-state index contributed by atoms with van der Waals surface area (Å²) in [5.74, 6) is -0.595. The Morgan fingerprint density at radius 2 is 1.93 bits per heavy atom. The fourth-order valence-electron chi connectivity index (χ4n) is 1.15.